The molecule has 0 amide bonds. The molecule has 0 radical (unpaired) electrons. The summed E-state index contributed by atoms with van der Waals surface area (Å²) < 4.78 is 1.19. The Morgan fingerprint density at radius 3 is 2.00 bits per heavy atom. The number of hydrogen-bond donors (Lipinski definition) is 1. The van der Waals surface area contributed by atoms with Crippen LogP contribution in [0.1, 0.15) is 0 Å². The van der Waals surface area contributed by atoms with Crippen LogP contribution in [0.15, 0.2) is 24.3 Å². The van der Waals surface area contributed by atoms with Crippen LogP contribution in [-0.2, 0) is 21.1 Å². The molecule has 0 heterocycles. The Morgan fingerprint density at radius 1 is 1.12 bits per heavy atom. The van der Waals surface area contributed by atoms with Gasteiger partial charge >= 0.3 is 60.5 Å². The number of anilines is 1. The van der Waals surface area contributed by atoms with Crippen molar-refractivity contribution in [3.05, 3.63) is 24.3 Å². The molecule has 0 saturated heterocycles. The van der Waals surface area contributed by atoms with Gasteiger partial charge in [0.15, 0.2) is 0 Å². The summed E-state index contributed by atoms with van der Waals surface area (Å²) in [6.07, 6.45) is 0. The van der Waals surface area contributed by atoms with Crippen molar-refractivity contribution in [1.29, 1.82) is 0 Å². The van der Waals surface area contributed by atoms with Gasteiger partial charge in [0, 0.05) is 0 Å². The van der Waals surface area contributed by atoms with E-state index in [1.807, 2.05) is 24.3 Å². The number of rotatable bonds is 0. The zero-order valence-electron chi connectivity index (χ0n) is 4.19. The Morgan fingerprint density at radius 2 is 1.62 bits per heavy atom. The normalized spacial score (nSPS) is 9.25. The van der Waals surface area contributed by atoms with E-state index in [0.29, 0.717) is 0 Å². The van der Waals surface area contributed by atoms with Crippen LogP contribution in [0.4, 0.5) is 5.69 Å². The molecule has 1 nitrogen and oxygen atoms in total. The first kappa shape index (κ1) is 5.89. The molecule has 0 aliphatic carbocycles. The molecule has 1 aromatic rings. The molecule has 0 atom stereocenters. The van der Waals surface area contributed by atoms with Crippen LogP contribution in [0.25, 0.3) is 0 Å². The van der Waals surface area contributed by atoms with Crippen LogP contribution >= 0.6 is 0 Å². The number of hydrogen-bond acceptors (Lipinski definition) is 1. The van der Waals surface area contributed by atoms with Crippen molar-refractivity contribution in [3.8, 4) is 0 Å². The Hall–Kier alpha value is -0.240. The minimum absolute atomic E-state index is 0.820. The van der Waals surface area contributed by atoms with Crippen LogP contribution in [0.2, 0.25) is 0 Å². The molecule has 2 heteroatoms. The zero-order valence-corrected chi connectivity index (χ0v) is 6.35. The van der Waals surface area contributed by atoms with E-state index in [4.69, 9.17) is 5.73 Å². The topological polar surface area (TPSA) is 26.0 Å². The molecule has 2 N–H and O–H groups in total. The molecule has 46 valence electrons. The van der Waals surface area contributed by atoms with Crippen molar-refractivity contribution in [2.45, 2.75) is 0 Å². The number of nitrogen functional groups attached to an aromatic ring is 1. The van der Waals surface area contributed by atoms with Crippen molar-refractivity contribution < 1.29 is 21.1 Å². The first-order valence-corrected chi connectivity index (χ1v) is 3.34. The van der Waals surface area contributed by atoms with Crippen molar-refractivity contribution in [2.24, 2.45) is 0 Å². The van der Waals surface area contributed by atoms with Crippen LogP contribution in [0.3, 0.4) is 0 Å². The summed E-state index contributed by atoms with van der Waals surface area (Å²) in [6, 6.07) is 7.71. The fraction of sp³-hybridized carbons (Fsp3) is 0. The molecule has 1 aromatic carbocycles. The summed E-state index contributed by atoms with van der Waals surface area (Å²) in [6.45, 7) is 0. The van der Waals surface area contributed by atoms with Crippen molar-refractivity contribution >= 4 is 9.47 Å². The standard InChI is InChI=1S/C6H6N.Au/c7-6-4-2-1-3-5-6;/h2-5H,7H2;. The van der Waals surface area contributed by atoms with E-state index in [2.05, 4.69) is 21.1 Å². The predicted molar refractivity (Wildman–Crippen MR) is 30.5 cm³/mol. The summed E-state index contributed by atoms with van der Waals surface area (Å²) in [4.78, 5) is 0. The van der Waals surface area contributed by atoms with Gasteiger partial charge in [-0.3, -0.25) is 0 Å². The van der Waals surface area contributed by atoms with Gasteiger partial charge in [0.25, 0.3) is 0 Å². The van der Waals surface area contributed by atoms with E-state index in [1.165, 1.54) is 3.78 Å². The van der Waals surface area contributed by atoms with Gasteiger partial charge < -0.3 is 0 Å². The molecular weight excluding hydrogens is 283 g/mol. The molecule has 1 rings (SSSR count). The van der Waals surface area contributed by atoms with Gasteiger partial charge in [-0.15, -0.1) is 0 Å². The fourth-order valence-electron chi connectivity index (χ4n) is 0.450. The van der Waals surface area contributed by atoms with Gasteiger partial charge in [0.05, 0.1) is 0 Å². The average molecular weight is 289 g/mol. The first-order valence-electron chi connectivity index (χ1n) is 2.26. The number of nitrogens with two attached hydrogens (primary N) is 1. The second-order valence-corrected chi connectivity index (χ2v) is 2.76. The van der Waals surface area contributed by atoms with E-state index < -0.39 is 0 Å². The molecule has 0 unspecified atom stereocenters. The van der Waals surface area contributed by atoms with E-state index in [9.17, 15) is 0 Å². The van der Waals surface area contributed by atoms with Gasteiger partial charge in [-0.2, -0.15) is 0 Å². The Bertz CT molecular complexity index is 147. The quantitative estimate of drug-likeness (QED) is 0.544. The molecule has 0 fully saturated rings. The van der Waals surface area contributed by atoms with Crippen LogP contribution in [-0.4, -0.2) is 0 Å². The fourth-order valence-corrected chi connectivity index (χ4v) is 0.811. The van der Waals surface area contributed by atoms with Gasteiger partial charge in [-0.05, 0) is 0 Å². The maximum atomic E-state index is 5.42. The van der Waals surface area contributed by atoms with Crippen LogP contribution < -0.4 is 9.52 Å². The molecule has 0 aliphatic heterocycles. The molecular formula is C6H6AuN. The summed E-state index contributed by atoms with van der Waals surface area (Å²) >= 11 is 2.41. The summed E-state index contributed by atoms with van der Waals surface area (Å²) in [5.41, 5.74) is 6.24. The monoisotopic (exact) mass is 289 g/mol. The van der Waals surface area contributed by atoms with Crippen molar-refractivity contribution in [3.63, 3.8) is 0 Å². The third-order valence-electron chi connectivity index (χ3n) is 0.845. The van der Waals surface area contributed by atoms with E-state index in [1.54, 1.807) is 0 Å². The van der Waals surface area contributed by atoms with E-state index >= 15 is 0 Å². The Labute approximate surface area is 60.8 Å². The molecule has 0 aromatic heterocycles. The summed E-state index contributed by atoms with van der Waals surface area (Å²) in [5.74, 6) is 0. The van der Waals surface area contributed by atoms with Gasteiger partial charge in [-0.25, -0.2) is 0 Å². The Kier molecular flexibility index (Phi) is 1.73. The number of benzene rings is 1. The van der Waals surface area contributed by atoms with Crippen LogP contribution in [0, 0.1) is 0 Å². The minimum atomic E-state index is 0.820. The Balaban J connectivity index is 3.03. The van der Waals surface area contributed by atoms with E-state index in [-0.39, 0.29) is 0 Å². The van der Waals surface area contributed by atoms with Gasteiger partial charge in [0.2, 0.25) is 0 Å². The van der Waals surface area contributed by atoms with Gasteiger partial charge in [-0.1, -0.05) is 0 Å². The molecule has 8 heavy (non-hydrogen) atoms. The first-order chi connectivity index (χ1) is 3.79. The van der Waals surface area contributed by atoms with Crippen molar-refractivity contribution in [1.82, 2.24) is 0 Å². The third kappa shape index (κ3) is 1.37. The predicted octanol–water partition coefficient (Wildman–Crippen LogP) is 0.441. The second kappa shape index (κ2) is 2.35. The molecule has 0 bridgehead atoms. The van der Waals surface area contributed by atoms with Crippen molar-refractivity contribution in [2.75, 3.05) is 5.73 Å². The van der Waals surface area contributed by atoms with Crippen LogP contribution in [0.5, 0.6) is 0 Å². The second-order valence-electron chi connectivity index (χ2n) is 1.51. The molecule has 0 saturated carbocycles. The summed E-state index contributed by atoms with van der Waals surface area (Å²) in [7, 11) is 0. The zero-order chi connectivity index (χ0) is 5.98. The van der Waals surface area contributed by atoms with Gasteiger partial charge in [0.1, 0.15) is 0 Å². The molecule has 0 aliphatic rings. The summed E-state index contributed by atoms with van der Waals surface area (Å²) in [5, 5.41) is 0. The SMILES string of the molecule is Nc1cc[c]([Au])cc1. The molecule has 0 spiro atoms. The third-order valence-corrected chi connectivity index (χ3v) is 1.57. The average Bonchev–Trinajstić information content (AvgIpc) is 1.77. The van der Waals surface area contributed by atoms with E-state index in [0.717, 1.165) is 5.69 Å². The maximum absolute atomic E-state index is 5.42.